The highest BCUT2D eigenvalue weighted by molar-refractivity contribution is 5.46. The van der Waals surface area contributed by atoms with Crippen LogP contribution in [0.3, 0.4) is 0 Å². The Bertz CT molecular complexity index is 605. The van der Waals surface area contributed by atoms with E-state index in [1.807, 2.05) is 19.1 Å². The summed E-state index contributed by atoms with van der Waals surface area (Å²) >= 11 is 0. The topological polar surface area (TPSA) is 43.4 Å². The van der Waals surface area contributed by atoms with Crippen molar-refractivity contribution in [1.82, 2.24) is 10.3 Å². The number of hydrogen-bond donors (Lipinski definition) is 1. The minimum atomic E-state index is -0.346. The van der Waals surface area contributed by atoms with Gasteiger partial charge in [0.1, 0.15) is 17.3 Å². The number of halogens is 1. The van der Waals surface area contributed by atoms with Crippen molar-refractivity contribution >= 4 is 0 Å². The largest absolute Gasteiger partial charge is 0.497 e. The van der Waals surface area contributed by atoms with E-state index in [1.165, 1.54) is 6.20 Å². The minimum Gasteiger partial charge on any atom is -0.497 e. The van der Waals surface area contributed by atoms with E-state index < -0.39 is 0 Å². The van der Waals surface area contributed by atoms with Gasteiger partial charge >= 0.3 is 0 Å². The molecule has 4 nitrogen and oxygen atoms in total. The quantitative estimate of drug-likeness (QED) is 0.888. The lowest BCUT2D eigenvalue weighted by Gasteiger charge is -2.22. The molecule has 1 heterocycles. The fourth-order valence-electron chi connectivity index (χ4n) is 2.27. The molecule has 0 radical (unpaired) electrons. The van der Waals surface area contributed by atoms with Crippen LogP contribution in [0.15, 0.2) is 36.7 Å². The predicted molar refractivity (Wildman–Crippen MR) is 79.3 cm³/mol. The van der Waals surface area contributed by atoms with Gasteiger partial charge in [0.05, 0.1) is 26.5 Å². The van der Waals surface area contributed by atoms with Crippen molar-refractivity contribution in [2.75, 3.05) is 20.8 Å². The second-order valence-electron chi connectivity index (χ2n) is 4.50. The number of aromatic nitrogens is 1. The molecule has 2 aromatic rings. The molecule has 112 valence electrons. The molecule has 0 saturated carbocycles. The summed E-state index contributed by atoms with van der Waals surface area (Å²) in [5.74, 6) is 0.999. The third-order valence-electron chi connectivity index (χ3n) is 3.27. The van der Waals surface area contributed by atoms with Gasteiger partial charge in [-0.3, -0.25) is 4.98 Å². The van der Waals surface area contributed by atoms with Crippen molar-refractivity contribution in [3.63, 3.8) is 0 Å². The molecule has 0 aliphatic carbocycles. The molecular formula is C16H19FN2O2. The molecule has 0 aliphatic heterocycles. The summed E-state index contributed by atoms with van der Waals surface area (Å²) in [7, 11) is 3.18. The van der Waals surface area contributed by atoms with E-state index in [1.54, 1.807) is 32.5 Å². The first-order chi connectivity index (χ1) is 10.2. The molecule has 2 rings (SSSR count). The standard InChI is InChI=1S/C16H19FN2O2/c1-4-19-16(12-7-8-18-10-14(12)17)13-6-5-11(20-2)9-15(13)21-3/h5-10,16,19H,4H2,1-3H3. The van der Waals surface area contributed by atoms with Crippen molar-refractivity contribution in [3.05, 3.63) is 53.6 Å². The Morgan fingerprint density at radius 2 is 2.00 bits per heavy atom. The summed E-state index contributed by atoms with van der Waals surface area (Å²) in [5, 5.41) is 3.28. The number of methoxy groups -OCH3 is 2. The molecule has 0 spiro atoms. The van der Waals surface area contributed by atoms with Gasteiger partial charge in [-0.1, -0.05) is 6.92 Å². The van der Waals surface area contributed by atoms with Crippen LogP contribution in [0.4, 0.5) is 4.39 Å². The Morgan fingerprint density at radius 1 is 1.19 bits per heavy atom. The number of pyridine rings is 1. The van der Waals surface area contributed by atoms with Gasteiger partial charge in [0.25, 0.3) is 0 Å². The van der Waals surface area contributed by atoms with E-state index in [9.17, 15) is 4.39 Å². The number of hydrogen-bond acceptors (Lipinski definition) is 4. The van der Waals surface area contributed by atoms with E-state index in [4.69, 9.17) is 9.47 Å². The SMILES string of the molecule is CCNC(c1ccncc1F)c1ccc(OC)cc1OC. The van der Waals surface area contributed by atoms with E-state index in [2.05, 4.69) is 10.3 Å². The van der Waals surface area contributed by atoms with Gasteiger partial charge in [-0.2, -0.15) is 0 Å². The highest BCUT2D eigenvalue weighted by atomic mass is 19.1. The van der Waals surface area contributed by atoms with Crippen LogP contribution in [0.2, 0.25) is 0 Å². The zero-order valence-corrected chi connectivity index (χ0v) is 12.4. The number of nitrogens with zero attached hydrogens (tertiary/aromatic N) is 1. The second kappa shape index (κ2) is 7.04. The van der Waals surface area contributed by atoms with Crippen LogP contribution in [0, 0.1) is 5.82 Å². The highest BCUT2D eigenvalue weighted by Gasteiger charge is 2.21. The first-order valence-corrected chi connectivity index (χ1v) is 6.76. The fourth-order valence-corrected chi connectivity index (χ4v) is 2.27. The van der Waals surface area contributed by atoms with Gasteiger partial charge in [-0.05, 0) is 24.7 Å². The van der Waals surface area contributed by atoms with E-state index in [0.717, 1.165) is 5.56 Å². The maximum atomic E-state index is 14.1. The lowest BCUT2D eigenvalue weighted by atomic mass is 9.98. The van der Waals surface area contributed by atoms with Crippen LogP contribution in [0.1, 0.15) is 24.1 Å². The van der Waals surface area contributed by atoms with Gasteiger partial charge in [-0.15, -0.1) is 0 Å². The summed E-state index contributed by atoms with van der Waals surface area (Å²) in [4.78, 5) is 3.80. The van der Waals surface area contributed by atoms with Gasteiger partial charge < -0.3 is 14.8 Å². The minimum absolute atomic E-state index is 0.307. The van der Waals surface area contributed by atoms with Crippen molar-refractivity contribution in [2.24, 2.45) is 0 Å². The van der Waals surface area contributed by atoms with Crippen LogP contribution in [-0.2, 0) is 0 Å². The number of benzene rings is 1. The van der Waals surface area contributed by atoms with E-state index in [0.29, 0.717) is 23.6 Å². The first kappa shape index (κ1) is 15.3. The van der Waals surface area contributed by atoms with Gasteiger partial charge in [0, 0.05) is 23.4 Å². The summed E-state index contributed by atoms with van der Waals surface area (Å²) in [6.45, 7) is 2.67. The molecule has 1 atom stereocenters. The average molecular weight is 290 g/mol. The zero-order valence-electron chi connectivity index (χ0n) is 12.4. The van der Waals surface area contributed by atoms with Crippen molar-refractivity contribution in [3.8, 4) is 11.5 Å². The lowest BCUT2D eigenvalue weighted by Crippen LogP contribution is -2.23. The Balaban J connectivity index is 2.50. The van der Waals surface area contributed by atoms with Crippen LogP contribution in [-0.4, -0.2) is 25.7 Å². The lowest BCUT2D eigenvalue weighted by molar-refractivity contribution is 0.387. The van der Waals surface area contributed by atoms with Crippen LogP contribution >= 0.6 is 0 Å². The Kier molecular flexibility index (Phi) is 5.11. The number of ether oxygens (including phenoxy) is 2. The van der Waals surface area contributed by atoms with Crippen molar-refractivity contribution in [1.29, 1.82) is 0 Å². The molecule has 0 bridgehead atoms. The van der Waals surface area contributed by atoms with Gasteiger partial charge in [0.15, 0.2) is 0 Å². The van der Waals surface area contributed by atoms with E-state index in [-0.39, 0.29) is 11.9 Å². The van der Waals surface area contributed by atoms with Crippen LogP contribution in [0.5, 0.6) is 11.5 Å². The normalized spacial score (nSPS) is 12.0. The number of nitrogens with one attached hydrogen (secondary N) is 1. The molecule has 0 amide bonds. The van der Waals surface area contributed by atoms with Gasteiger partial charge in [-0.25, -0.2) is 4.39 Å². The summed E-state index contributed by atoms with van der Waals surface area (Å²) in [5.41, 5.74) is 1.39. The molecular weight excluding hydrogens is 271 g/mol. The van der Waals surface area contributed by atoms with Crippen LogP contribution < -0.4 is 14.8 Å². The highest BCUT2D eigenvalue weighted by Crippen LogP contribution is 2.33. The van der Waals surface area contributed by atoms with Crippen molar-refractivity contribution < 1.29 is 13.9 Å². The fraction of sp³-hybridized carbons (Fsp3) is 0.312. The van der Waals surface area contributed by atoms with Crippen molar-refractivity contribution in [2.45, 2.75) is 13.0 Å². The molecule has 21 heavy (non-hydrogen) atoms. The molecule has 1 N–H and O–H groups in total. The zero-order chi connectivity index (χ0) is 15.2. The maximum Gasteiger partial charge on any atom is 0.146 e. The Morgan fingerprint density at radius 3 is 2.62 bits per heavy atom. The molecule has 1 aromatic heterocycles. The molecule has 1 unspecified atom stereocenters. The predicted octanol–water partition coefficient (Wildman–Crippen LogP) is 2.94. The second-order valence-corrected chi connectivity index (χ2v) is 4.50. The molecule has 5 heteroatoms. The third-order valence-corrected chi connectivity index (χ3v) is 3.27. The molecule has 1 aromatic carbocycles. The third kappa shape index (κ3) is 3.31. The van der Waals surface area contributed by atoms with E-state index >= 15 is 0 Å². The monoisotopic (exact) mass is 290 g/mol. The summed E-state index contributed by atoms with van der Waals surface area (Å²) in [6, 6.07) is 6.87. The smallest absolute Gasteiger partial charge is 0.146 e. The maximum absolute atomic E-state index is 14.1. The Hall–Kier alpha value is -2.14. The first-order valence-electron chi connectivity index (χ1n) is 6.76. The molecule has 0 fully saturated rings. The molecule has 0 aliphatic rings. The number of rotatable bonds is 6. The van der Waals surface area contributed by atoms with Crippen LogP contribution in [0.25, 0.3) is 0 Å². The summed E-state index contributed by atoms with van der Waals surface area (Å²) < 4.78 is 24.7. The summed E-state index contributed by atoms with van der Waals surface area (Å²) in [6.07, 6.45) is 2.80. The average Bonchev–Trinajstić information content (AvgIpc) is 2.53. The molecule has 0 saturated heterocycles. The Labute approximate surface area is 123 Å². The van der Waals surface area contributed by atoms with Gasteiger partial charge in [0.2, 0.25) is 0 Å².